The van der Waals surface area contributed by atoms with Crippen LogP contribution in [-0.2, 0) is 14.4 Å². The molecule has 7 heteroatoms. The van der Waals surface area contributed by atoms with Gasteiger partial charge in [-0.1, -0.05) is 6.92 Å². The predicted molar refractivity (Wildman–Crippen MR) is 28.8 cm³/mol. The van der Waals surface area contributed by atoms with Crippen molar-refractivity contribution in [3.8, 4) is 0 Å². The molecule has 5 nitrogen and oxygen atoms in total. The van der Waals surface area contributed by atoms with Gasteiger partial charge in [-0.15, -0.1) is 0 Å². The van der Waals surface area contributed by atoms with Crippen molar-refractivity contribution in [2.24, 2.45) is 5.92 Å². The Morgan fingerprint density at radius 2 is 1.54 bits per heavy atom. The number of hydrogen-bond donors (Lipinski definition) is 0. The van der Waals surface area contributed by atoms with Crippen molar-refractivity contribution >= 4 is 17.7 Å². The molecule has 0 heterocycles. The van der Waals surface area contributed by atoms with Crippen molar-refractivity contribution in [3.63, 3.8) is 0 Å². The van der Waals surface area contributed by atoms with Crippen LogP contribution in [0.5, 0.6) is 0 Å². The maximum absolute atomic E-state index is 10.3. The van der Waals surface area contributed by atoms with Gasteiger partial charge in [0.25, 0.3) is 0 Å². The molecule has 1 atom stereocenters. The number of Topliss-reactive ketones (excluding diaryl/α,β-unsaturated/α-hetero) is 1. The molecule has 0 radical (unpaired) electrons. The van der Waals surface area contributed by atoms with E-state index < -0.39 is 30.1 Å². The molecular formula is C6H6Li2O5. The number of rotatable bonds is 4. The maximum atomic E-state index is 10.3. The third-order valence-electron chi connectivity index (χ3n) is 1.12. The van der Waals surface area contributed by atoms with E-state index in [9.17, 15) is 24.6 Å². The minimum absolute atomic E-state index is 0. The van der Waals surface area contributed by atoms with Gasteiger partial charge in [0, 0.05) is 18.3 Å². The molecule has 0 aromatic rings. The van der Waals surface area contributed by atoms with E-state index in [1.165, 1.54) is 6.92 Å². The first-order valence-electron chi connectivity index (χ1n) is 2.90. The zero-order valence-corrected chi connectivity index (χ0v) is 7.83. The molecule has 0 spiro atoms. The van der Waals surface area contributed by atoms with Crippen LogP contribution in [0.2, 0.25) is 0 Å². The van der Waals surface area contributed by atoms with Crippen LogP contribution in [0.15, 0.2) is 0 Å². The van der Waals surface area contributed by atoms with E-state index in [0.29, 0.717) is 0 Å². The Hall–Kier alpha value is -0.195. The van der Waals surface area contributed by atoms with Crippen molar-refractivity contribution in [2.45, 2.75) is 13.3 Å². The second-order valence-electron chi connectivity index (χ2n) is 2.13. The first-order chi connectivity index (χ1) is 4.95. The summed E-state index contributed by atoms with van der Waals surface area (Å²) in [6.07, 6.45) is -0.579. The summed E-state index contributed by atoms with van der Waals surface area (Å²) in [6, 6.07) is 0. The third kappa shape index (κ3) is 8.14. The van der Waals surface area contributed by atoms with Crippen LogP contribution in [0.3, 0.4) is 0 Å². The maximum Gasteiger partial charge on any atom is 1.00 e. The third-order valence-corrected chi connectivity index (χ3v) is 1.12. The molecular weight excluding hydrogens is 166 g/mol. The van der Waals surface area contributed by atoms with Crippen molar-refractivity contribution in [1.82, 2.24) is 0 Å². The first-order valence-corrected chi connectivity index (χ1v) is 2.90. The topological polar surface area (TPSA) is 97.3 Å². The van der Waals surface area contributed by atoms with E-state index in [1.807, 2.05) is 0 Å². The quantitative estimate of drug-likeness (QED) is 0.309. The molecule has 0 saturated carbocycles. The van der Waals surface area contributed by atoms with Crippen LogP contribution >= 0.6 is 0 Å². The van der Waals surface area contributed by atoms with Crippen LogP contribution < -0.4 is 47.9 Å². The fraction of sp³-hybridized carbons (Fsp3) is 0.500. The first kappa shape index (κ1) is 18.6. The van der Waals surface area contributed by atoms with Gasteiger partial charge in [-0.3, -0.25) is 4.79 Å². The number of carboxylic acids is 2. The van der Waals surface area contributed by atoms with E-state index in [1.54, 1.807) is 0 Å². The fourth-order valence-corrected chi connectivity index (χ4v) is 0.445. The monoisotopic (exact) mass is 172 g/mol. The normalized spacial score (nSPS) is 10.2. The van der Waals surface area contributed by atoms with E-state index >= 15 is 0 Å². The van der Waals surface area contributed by atoms with Gasteiger partial charge in [-0.05, 0) is 0 Å². The van der Waals surface area contributed by atoms with Gasteiger partial charge < -0.3 is 19.8 Å². The second-order valence-corrected chi connectivity index (χ2v) is 2.13. The number of aliphatic carboxylic acids is 2. The van der Waals surface area contributed by atoms with E-state index in [0.717, 1.165) is 0 Å². The molecule has 0 aliphatic rings. The SMILES string of the molecule is CC(CC(=O)C(=O)[O-])C(=O)[O-].[Li+].[Li+]. The standard InChI is InChI=1S/C6H8O5.2Li/c1-3(5(8)9)2-4(7)6(10)11;;/h3H,2H2,1H3,(H,8,9)(H,10,11);;/q;2*+1/p-2. The number of carbonyl (C=O) groups is 3. The molecule has 0 aromatic heterocycles. The van der Waals surface area contributed by atoms with E-state index in [2.05, 4.69) is 0 Å². The number of ketones is 1. The molecule has 0 fully saturated rings. The smallest absolute Gasteiger partial charge is 0.550 e. The summed E-state index contributed by atoms with van der Waals surface area (Å²) in [5.74, 6) is -5.61. The largest absolute Gasteiger partial charge is 1.00 e. The average Bonchev–Trinajstić information content (AvgIpc) is 1.87. The molecule has 62 valence electrons. The van der Waals surface area contributed by atoms with E-state index in [4.69, 9.17) is 0 Å². The number of hydrogen-bond acceptors (Lipinski definition) is 5. The molecule has 0 aliphatic heterocycles. The molecule has 0 aliphatic carbocycles. The van der Waals surface area contributed by atoms with Crippen LogP contribution in [0.25, 0.3) is 0 Å². The predicted octanol–water partition coefficient (Wildman–Crippen LogP) is -8.91. The van der Waals surface area contributed by atoms with Gasteiger partial charge >= 0.3 is 37.7 Å². The van der Waals surface area contributed by atoms with Gasteiger partial charge in [0.1, 0.15) is 5.97 Å². The van der Waals surface area contributed by atoms with Crippen LogP contribution in [0, 0.1) is 5.92 Å². The van der Waals surface area contributed by atoms with Crippen molar-refractivity contribution in [3.05, 3.63) is 0 Å². The second kappa shape index (κ2) is 8.41. The Morgan fingerprint density at radius 3 is 1.77 bits per heavy atom. The molecule has 0 N–H and O–H groups in total. The van der Waals surface area contributed by atoms with Crippen molar-refractivity contribution in [2.75, 3.05) is 0 Å². The van der Waals surface area contributed by atoms with Gasteiger partial charge in [0.05, 0.1) is 0 Å². The Labute approximate surface area is 99.2 Å². The zero-order valence-electron chi connectivity index (χ0n) is 7.83. The molecule has 0 rings (SSSR count). The number of carboxylic acid groups (broad SMARTS) is 2. The summed E-state index contributed by atoms with van der Waals surface area (Å²) in [5, 5.41) is 19.8. The van der Waals surface area contributed by atoms with Crippen molar-refractivity contribution < 1.29 is 62.3 Å². The molecule has 0 amide bonds. The molecule has 0 bridgehead atoms. The Morgan fingerprint density at radius 1 is 1.15 bits per heavy atom. The van der Waals surface area contributed by atoms with E-state index in [-0.39, 0.29) is 37.7 Å². The summed E-state index contributed by atoms with van der Waals surface area (Å²) in [4.78, 5) is 30.1. The minimum atomic E-state index is -1.86. The summed E-state index contributed by atoms with van der Waals surface area (Å²) in [7, 11) is 0. The molecule has 1 unspecified atom stereocenters. The van der Waals surface area contributed by atoms with Crippen LogP contribution in [-0.4, -0.2) is 17.7 Å². The summed E-state index contributed by atoms with van der Waals surface area (Å²) in [6.45, 7) is 1.19. The van der Waals surface area contributed by atoms with Gasteiger partial charge in [-0.2, -0.15) is 0 Å². The zero-order chi connectivity index (χ0) is 9.02. The van der Waals surface area contributed by atoms with Crippen molar-refractivity contribution in [1.29, 1.82) is 0 Å². The summed E-state index contributed by atoms with van der Waals surface area (Å²) < 4.78 is 0. The Kier molecular flexibility index (Phi) is 12.0. The minimum Gasteiger partial charge on any atom is -0.550 e. The summed E-state index contributed by atoms with van der Waals surface area (Å²) in [5.41, 5.74) is 0. The Bertz CT molecular complexity index is 203. The Balaban J connectivity index is -0.000000500. The molecule has 0 aromatic carbocycles. The van der Waals surface area contributed by atoms with Gasteiger partial charge in [-0.25, -0.2) is 0 Å². The number of carbonyl (C=O) groups excluding carboxylic acids is 3. The molecule has 13 heavy (non-hydrogen) atoms. The van der Waals surface area contributed by atoms with Gasteiger partial charge in [0.15, 0.2) is 5.78 Å². The van der Waals surface area contributed by atoms with Crippen LogP contribution in [0.1, 0.15) is 13.3 Å². The average molecular weight is 172 g/mol. The molecule has 0 saturated heterocycles. The van der Waals surface area contributed by atoms with Crippen LogP contribution in [0.4, 0.5) is 0 Å². The summed E-state index contributed by atoms with van der Waals surface area (Å²) >= 11 is 0. The van der Waals surface area contributed by atoms with Gasteiger partial charge in [0.2, 0.25) is 0 Å². The fourth-order valence-electron chi connectivity index (χ4n) is 0.445.